The molecule has 1 aliphatic carbocycles. The second kappa shape index (κ2) is 16.4. The minimum absolute atomic E-state index is 0.0239. The van der Waals surface area contributed by atoms with E-state index in [1.54, 1.807) is 30.3 Å². The summed E-state index contributed by atoms with van der Waals surface area (Å²) in [6.45, 7) is 6.18. The van der Waals surface area contributed by atoms with Crippen LogP contribution in [0.25, 0.3) is 0 Å². The van der Waals surface area contributed by atoms with Crippen LogP contribution in [0.15, 0.2) is 48.5 Å². The van der Waals surface area contributed by atoms with Gasteiger partial charge in [-0.15, -0.1) is 10.2 Å². The smallest absolute Gasteiger partial charge is 0.328 e. The molecule has 3 saturated heterocycles. The van der Waals surface area contributed by atoms with E-state index >= 15 is 0 Å². The molecule has 2 aromatic carbocycles. The van der Waals surface area contributed by atoms with Gasteiger partial charge >= 0.3 is 6.03 Å². The summed E-state index contributed by atoms with van der Waals surface area (Å²) in [6, 6.07) is 15.7. The summed E-state index contributed by atoms with van der Waals surface area (Å²) >= 11 is 6.14. The Bertz CT molecular complexity index is 1850. The van der Waals surface area contributed by atoms with E-state index in [1.165, 1.54) is 11.0 Å². The molecule has 4 aliphatic rings. The summed E-state index contributed by atoms with van der Waals surface area (Å²) in [5.74, 6) is 0.385. The Morgan fingerprint density at radius 3 is 2.38 bits per heavy atom. The summed E-state index contributed by atoms with van der Waals surface area (Å²) in [5, 5.41) is 23.5. The van der Waals surface area contributed by atoms with Crippen molar-refractivity contribution in [3.63, 3.8) is 0 Å². The Labute approximate surface area is 313 Å². The van der Waals surface area contributed by atoms with Gasteiger partial charge in [-0.05, 0) is 80.5 Å². The zero-order valence-electron chi connectivity index (χ0n) is 29.5. The van der Waals surface area contributed by atoms with Crippen LogP contribution in [0.2, 0.25) is 5.02 Å². The van der Waals surface area contributed by atoms with Gasteiger partial charge in [0.2, 0.25) is 5.91 Å². The molecule has 4 heterocycles. The van der Waals surface area contributed by atoms with Crippen LogP contribution in [-0.4, -0.2) is 102 Å². The SMILES string of the molecule is N#Cc1ccc(OC2CCC(NC(=O)c3ccc(N4CCC(N5CCN(Cc6ccc(N7CCC(=O)NC7=O)c(F)c6)CC5)CC4)nn3)CC2)cc1Cl. The van der Waals surface area contributed by atoms with Crippen molar-refractivity contribution in [1.29, 1.82) is 5.26 Å². The molecule has 13 nitrogen and oxygen atoms in total. The van der Waals surface area contributed by atoms with Gasteiger partial charge in [0.1, 0.15) is 17.6 Å². The second-order valence-electron chi connectivity index (χ2n) is 14.2. The summed E-state index contributed by atoms with van der Waals surface area (Å²) < 4.78 is 21.0. The molecule has 2 N–H and O–H groups in total. The van der Waals surface area contributed by atoms with Crippen LogP contribution in [0, 0.1) is 17.1 Å². The highest BCUT2D eigenvalue weighted by Crippen LogP contribution is 2.28. The van der Waals surface area contributed by atoms with Gasteiger partial charge in [-0.1, -0.05) is 17.7 Å². The summed E-state index contributed by atoms with van der Waals surface area (Å²) in [7, 11) is 0. The number of amides is 4. The molecule has 0 atom stereocenters. The maximum atomic E-state index is 15.0. The number of carbonyl (C=O) groups is 3. The Balaban J connectivity index is 0.811. The third-order valence-electron chi connectivity index (χ3n) is 10.7. The van der Waals surface area contributed by atoms with Crippen LogP contribution in [0.1, 0.15) is 66.6 Å². The number of halogens is 2. The molecule has 0 unspecified atom stereocenters. The number of nitrogens with one attached hydrogen (secondary N) is 2. The van der Waals surface area contributed by atoms with E-state index in [0.29, 0.717) is 34.6 Å². The van der Waals surface area contributed by atoms with Crippen molar-refractivity contribution >= 4 is 41.0 Å². The molecule has 0 bridgehead atoms. The Morgan fingerprint density at radius 1 is 0.943 bits per heavy atom. The summed E-state index contributed by atoms with van der Waals surface area (Å²) in [6.07, 6.45) is 5.36. The number of piperidine rings is 1. The van der Waals surface area contributed by atoms with E-state index in [2.05, 4.69) is 41.6 Å². The molecule has 3 aliphatic heterocycles. The molecule has 15 heteroatoms. The number of aromatic nitrogens is 2. The molecule has 4 amide bonds. The van der Waals surface area contributed by atoms with Crippen molar-refractivity contribution in [2.24, 2.45) is 0 Å². The highest BCUT2D eigenvalue weighted by Gasteiger charge is 2.30. The second-order valence-corrected chi connectivity index (χ2v) is 14.6. The number of anilines is 2. The average molecular weight is 744 g/mol. The number of rotatable bonds is 9. The number of nitriles is 1. The van der Waals surface area contributed by atoms with Crippen molar-refractivity contribution in [1.82, 2.24) is 30.6 Å². The van der Waals surface area contributed by atoms with E-state index in [0.717, 1.165) is 89.2 Å². The van der Waals surface area contributed by atoms with E-state index < -0.39 is 11.8 Å². The maximum absolute atomic E-state index is 15.0. The largest absolute Gasteiger partial charge is 0.490 e. The normalized spacial score (nSPS) is 21.9. The lowest BCUT2D eigenvalue weighted by atomic mass is 9.93. The monoisotopic (exact) mass is 743 g/mol. The Morgan fingerprint density at radius 2 is 1.72 bits per heavy atom. The molecule has 4 fully saturated rings. The van der Waals surface area contributed by atoms with Crippen molar-refractivity contribution < 1.29 is 23.5 Å². The molecule has 3 aromatic rings. The van der Waals surface area contributed by atoms with Gasteiger partial charge < -0.3 is 15.0 Å². The third kappa shape index (κ3) is 8.87. The van der Waals surface area contributed by atoms with Gasteiger partial charge in [0.05, 0.1) is 22.4 Å². The number of imide groups is 1. The van der Waals surface area contributed by atoms with Gasteiger partial charge in [0, 0.05) is 76.9 Å². The highest BCUT2D eigenvalue weighted by atomic mass is 35.5. The molecule has 7 rings (SSSR count). The number of nitrogens with zero attached hydrogens (tertiary/aromatic N) is 7. The van der Waals surface area contributed by atoms with Gasteiger partial charge in [0.15, 0.2) is 11.5 Å². The molecule has 1 saturated carbocycles. The molecular weight excluding hydrogens is 701 g/mol. The van der Waals surface area contributed by atoms with E-state index in [-0.39, 0.29) is 42.6 Å². The molecule has 1 aromatic heterocycles. The lowest BCUT2D eigenvalue weighted by molar-refractivity contribution is -0.120. The quantitative estimate of drug-likeness (QED) is 0.321. The summed E-state index contributed by atoms with van der Waals surface area (Å²) in [5.41, 5.74) is 1.76. The molecule has 278 valence electrons. The molecule has 53 heavy (non-hydrogen) atoms. The number of carbonyl (C=O) groups excluding carboxylic acids is 3. The zero-order valence-corrected chi connectivity index (χ0v) is 30.2. The fourth-order valence-electron chi connectivity index (χ4n) is 7.72. The number of ether oxygens (including phenoxy) is 1. The number of hydrogen-bond donors (Lipinski definition) is 2. The molecule has 0 spiro atoms. The summed E-state index contributed by atoms with van der Waals surface area (Å²) in [4.78, 5) is 44.9. The van der Waals surface area contributed by atoms with Crippen molar-refractivity contribution in [3.05, 3.63) is 76.2 Å². The van der Waals surface area contributed by atoms with Crippen molar-refractivity contribution in [3.8, 4) is 11.8 Å². The lowest BCUT2D eigenvalue weighted by Gasteiger charge is -2.43. The van der Waals surface area contributed by atoms with E-state index in [9.17, 15) is 18.8 Å². The Kier molecular flexibility index (Phi) is 11.3. The lowest BCUT2D eigenvalue weighted by Crippen LogP contribution is -2.53. The van der Waals surface area contributed by atoms with E-state index in [4.69, 9.17) is 21.6 Å². The van der Waals surface area contributed by atoms with Gasteiger partial charge in [0.25, 0.3) is 5.91 Å². The first-order valence-corrected chi connectivity index (χ1v) is 18.7. The average Bonchev–Trinajstić information content (AvgIpc) is 3.17. The first-order valence-electron chi connectivity index (χ1n) is 18.3. The van der Waals surface area contributed by atoms with Crippen LogP contribution in [0.5, 0.6) is 5.75 Å². The minimum atomic E-state index is -0.590. The molecule has 0 radical (unpaired) electrons. The number of benzene rings is 2. The zero-order chi connectivity index (χ0) is 36.9. The number of hydrogen-bond acceptors (Lipinski definition) is 10. The van der Waals surface area contributed by atoms with Crippen LogP contribution in [0.3, 0.4) is 0 Å². The van der Waals surface area contributed by atoms with Crippen molar-refractivity contribution in [2.45, 2.75) is 69.7 Å². The fourth-order valence-corrected chi connectivity index (χ4v) is 7.93. The minimum Gasteiger partial charge on any atom is -0.490 e. The number of piperazine rings is 1. The predicted molar refractivity (Wildman–Crippen MR) is 196 cm³/mol. The van der Waals surface area contributed by atoms with Gasteiger partial charge in [-0.2, -0.15) is 5.26 Å². The maximum Gasteiger partial charge on any atom is 0.328 e. The van der Waals surface area contributed by atoms with E-state index in [1.807, 2.05) is 12.1 Å². The van der Waals surface area contributed by atoms with Gasteiger partial charge in [-0.3, -0.25) is 29.6 Å². The Hall–Kier alpha value is -4.84. The standard InChI is InChI=1S/C38H43ClFN9O4/c39-31-22-30(5-2-26(31)23-41)53-29-6-3-27(4-7-29)42-37(51)33-8-10-35(45-44-33)48-14-11-28(12-15-48)47-19-17-46(18-20-47)24-25-1-9-34(32(40)21-25)49-16-13-36(50)43-38(49)52/h1-2,5,8-10,21-22,27-29H,3-4,6-7,11-20,24H2,(H,42,51)(H,43,50,52). The first kappa shape index (κ1) is 36.5. The van der Waals surface area contributed by atoms with Crippen LogP contribution in [-0.2, 0) is 11.3 Å². The van der Waals surface area contributed by atoms with Crippen molar-refractivity contribution in [2.75, 3.05) is 55.6 Å². The molecular formula is C38H43ClFN9O4. The first-order chi connectivity index (χ1) is 25.7. The third-order valence-corrected chi connectivity index (χ3v) is 11.0. The topological polar surface area (TPSA) is 147 Å². The van der Waals surface area contributed by atoms with Gasteiger partial charge in [-0.25, -0.2) is 9.18 Å². The fraction of sp³-hybridized carbons (Fsp3) is 0.474. The number of urea groups is 1. The highest BCUT2D eigenvalue weighted by molar-refractivity contribution is 6.31. The van der Waals surface area contributed by atoms with Crippen LogP contribution >= 0.6 is 11.6 Å². The van der Waals surface area contributed by atoms with Crippen LogP contribution < -0.4 is 25.2 Å². The predicted octanol–water partition coefficient (Wildman–Crippen LogP) is 4.49. The van der Waals surface area contributed by atoms with Crippen LogP contribution in [0.4, 0.5) is 20.7 Å².